The number of hydrogen-bond donors (Lipinski definition) is 1. The molecule has 3 aromatic carbocycles. The van der Waals surface area contributed by atoms with Crippen molar-refractivity contribution in [1.29, 1.82) is 0 Å². The fourth-order valence-electron chi connectivity index (χ4n) is 2.48. The lowest BCUT2D eigenvalue weighted by atomic mass is 10.1. The third-order valence-electron chi connectivity index (χ3n) is 3.72. The number of hydrogen-bond acceptors (Lipinski definition) is 2. The van der Waals surface area contributed by atoms with Gasteiger partial charge in [0.25, 0.3) is 5.91 Å². The Bertz CT molecular complexity index is 833. The van der Waals surface area contributed by atoms with Crippen molar-refractivity contribution in [3.63, 3.8) is 0 Å². The molecule has 0 heterocycles. The van der Waals surface area contributed by atoms with Crippen molar-refractivity contribution in [3.8, 4) is 5.75 Å². The minimum atomic E-state index is -0.109. The van der Waals surface area contributed by atoms with Gasteiger partial charge in [-0.3, -0.25) is 4.79 Å². The molecular formula is C20H18BrNO2. The minimum absolute atomic E-state index is 0.0246. The second kappa shape index (κ2) is 7.97. The van der Waals surface area contributed by atoms with Crippen LogP contribution >= 0.6 is 15.9 Å². The van der Waals surface area contributed by atoms with Crippen LogP contribution in [0.2, 0.25) is 0 Å². The van der Waals surface area contributed by atoms with Gasteiger partial charge in [-0.15, -0.1) is 0 Å². The number of carbonyl (C=O) groups is 1. The SMILES string of the molecule is O=C(COc1ccc2cc(Br)ccc2c1)NCCc1ccccc1. The van der Waals surface area contributed by atoms with Crippen LogP contribution in [0.25, 0.3) is 10.8 Å². The highest BCUT2D eigenvalue weighted by atomic mass is 79.9. The van der Waals surface area contributed by atoms with Gasteiger partial charge in [0.2, 0.25) is 0 Å². The maximum Gasteiger partial charge on any atom is 0.257 e. The topological polar surface area (TPSA) is 38.3 Å². The molecule has 4 heteroatoms. The number of benzene rings is 3. The molecule has 3 rings (SSSR count). The van der Waals surface area contributed by atoms with E-state index in [9.17, 15) is 4.79 Å². The molecular weight excluding hydrogens is 366 g/mol. The molecule has 0 radical (unpaired) electrons. The van der Waals surface area contributed by atoms with Crippen LogP contribution in [0.4, 0.5) is 0 Å². The van der Waals surface area contributed by atoms with E-state index in [1.165, 1.54) is 5.56 Å². The smallest absolute Gasteiger partial charge is 0.257 e. The number of fused-ring (bicyclic) bond motifs is 1. The van der Waals surface area contributed by atoms with E-state index in [0.717, 1.165) is 21.7 Å². The van der Waals surface area contributed by atoms with Gasteiger partial charge in [-0.05, 0) is 47.0 Å². The summed E-state index contributed by atoms with van der Waals surface area (Å²) < 4.78 is 6.63. The summed E-state index contributed by atoms with van der Waals surface area (Å²) in [5.74, 6) is 0.588. The first-order chi connectivity index (χ1) is 11.7. The summed E-state index contributed by atoms with van der Waals surface area (Å²) in [5, 5.41) is 5.09. The van der Waals surface area contributed by atoms with Crippen LogP contribution in [-0.2, 0) is 11.2 Å². The molecule has 1 N–H and O–H groups in total. The molecule has 1 amide bonds. The molecule has 0 fully saturated rings. The van der Waals surface area contributed by atoms with E-state index in [2.05, 4.69) is 39.4 Å². The van der Waals surface area contributed by atoms with Crippen LogP contribution < -0.4 is 10.1 Å². The Balaban J connectivity index is 1.48. The van der Waals surface area contributed by atoms with Gasteiger partial charge in [0.1, 0.15) is 5.75 Å². The van der Waals surface area contributed by atoms with Gasteiger partial charge in [-0.1, -0.05) is 58.4 Å². The van der Waals surface area contributed by atoms with Gasteiger partial charge >= 0.3 is 0 Å². The van der Waals surface area contributed by atoms with Gasteiger partial charge < -0.3 is 10.1 Å². The van der Waals surface area contributed by atoms with E-state index in [4.69, 9.17) is 4.74 Å². The number of nitrogens with one attached hydrogen (secondary N) is 1. The third kappa shape index (κ3) is 4.59. The molecule has 3 nitrogen and oxygen atoms in total. The Kier molecular flexibility index (Phi) is 5.49. The van der Waals surface area contributed by atoms with Crippen LogP contribution in [0, 0.1) is 0 Å². The summed E-state index contributed by atoms with van der Waals surface area (Å²) in [6.45, 7) is 0.634. The molecule has 0 aliphatic heterocycles. The maximum atomic E-state index is 11.9. The van der Waals surface area contributed by atoms with Crippen molar-refractivity contribution < 1.29 is 9.53 Å². The van der Waals surface area contributed by atoms with E-state index < -0.39 is 0 Å². The zero-order chi connectivity index (χ0) is 16.8. The molecule has 0 spiro atoms. The summed E-state index contributed by atoms with van der Waals surface area (Å²) in [4.78, 5) is 11.9. The van der Waals surface area contributed by atoms with Crippen LogP contribution in [0.5, 0.6) is 5.75 Å². The standard InChI is InChI=1S/C20H18BrNO2/c21-18-8-6-17-13-19(9-7-16(17)12-18)24-14-20(23)22-11-10-15-4-2-1-3-5-15/h1-9,12-13H,10-11,14H2,(H,22,23). The van der Waals surface area contributed by atoms with Crippen molar-refractivity contribution in [2.24, 2.45) is 0 Å². The number of ether oxygens (including phenoxy) is 1. The Morgan fingerprint density at radius 1 is 0.958 bits per heavy atom. The van der Waals surface area contributed by atoms with Gasteiger partial charge in [-0.25, -0.2) is 0 Å². The summed E-state index contributed by atoms with van der Waals surface area (Å²) >= 11 is 3.46. The molecule has 3 aromatic rings. The molecule has 122 valence electrons. The lowest BCUT2D eigenvalue weighted by Gasteiger charge is -2.08. The van der Waals surface area contributed by atoms with Crippen LogP contribution in [0.1, 0.15) is 5.56 Å². The predicted molar refractivity (Wildman–Crippen MR) is 100 cm³/mol. The zero-order valence-corrected chi connectivity index (χ0v) is 14.8. The van der Waals surface area contributed by atoms with E-state index in [1.54, 1.807) is 0 Å². The van der Waals surface area contributed by atoms with Gasteiger partial charge in [0.05, 0.1) is 0 Å². The van der Waals surface area contributed by atoms with E-state index >= 15 is 0 Å². The third-order valence-corrected chi connectivity index (χ3v) is 4.22. The second-order valence-electron chi connectivity index (χ2n) is 5.53. The normalized spacial score (nSPS) is 10.5. The lowest BCUT2D eigenvalue weighted by Crippen LogP contribution is -2.30. The molecule has 0 saturated heterocycles. The Morgan fingerprint density at radius 3 is 2.54 bits per heavy atom. The lowest BCUT2D eigenvalue weighted by molar-refractivity contribution is -0.123. The van der Waals surface area contributed by atoms with Gasteiger partial charge in [0.15, 0.2) is 6.61 Å². The van der Waals surface area contributed by atoms with Crippen LogP contribution in [-0.4, -0.2) is 19.1 Å². The van der Waals surface area contributed by atoms with Crippen molar-refractivity contribution >= 4 is 32.6 Å². The fraction of sp³-hybridized carbons (Fsp3) is 0.150. The van der Waals surface area contributed by atoms with Crippen molar-refractivity contribution in [1.82, 2.24) is 5.32 Å². The average molecular weight is 384 g/mol. The second-order valence-corrected chi connectivity index (χ2v) is 6.44. The first-order valence-corrected chi connectivity index (χ1v) is 8.63. The molecule has 0 aliphatic rings. The molecule has 0 atom stereocenters. The Hall–Kier alpha value is -2.33. The zero-order valence-electron chi connectivity index (χ0n) is 13.2. The number of amides is 1. The number of carbonyl (C=O) groups excluding carboxylic acids is 1. The van der Waals surface area contributed by atoms with E-state index in [0.29, 0.717) is 12.3 Å². The summed E-state index contributed by atoms with van der Waals surface area (Å²) in [6.07, 6.45) is 0.817. The monoisotopic (exact) mass is 383 g/mol. The fourth-order valence-corrected chi connectivity index (χ4v) is 2.85. The quantitative estimate of drug-likeness (QED) is 0.687. The van der Waals surface area contributed by atoms with Crippen LogP contribution in [0.3, 0.4) is 0 Å². The molecule has 24 heavy (non-hydrogen) atoms. The highest BCUT2D eigenvalue weighted by Crippen LogP contribution is 2.24. The first-order valence-electron chi connectivity index (χ1n) is 7.83. The molecule has 0 bridgehead atoms. The summed E-state index contributed by atoms with van der Waals surface area (Å²) in [5.41, 5.74) is 1.21. The van der Waals surface area contributed by atoms with Gasteiger partial charge in [-0.2, -0.15) is 0 Å². The molecule has 0 unspecified atom stereocenters. The van der Waals surface area contributed by atoms with Crippen LogP contribution in [0.15, 0.2) is 71.2 Å². The van der Waals surface area contributed by atoms with E-state index in [1.807, 2.05) is 48.5 Å². The van der Waals surface area contributed by atoms with Crippen molar-refractivity contribution in [2.75, 3.05) is 13.2 Å². The van der Waals surface area contributed by atoms with Gasteiger partial charge in [0, 0.05) is 11.0 Å². The van der Waals surface area contributed by atoms with Crippen molar-refractivity contribution in [3.05, 3.63) is 76.8 Å². The highest BCUT2D eigenvalue weighted by molar-refractivity contribution is 9.10. The summed E-state index contributed by atoms with van der Waals surface area (Å²) in [6, 6.07) is 22.0. The molecule has 0 aliphatic carbocycles. The molecule has 0 aromatic heterocycles. The minimum Gasteiger partial charge on any atom is -0.484 e. The summed E-state index contributed by atoms with van der Waals surface area (Å²) in [7, 11) is 0. The number of rotatable bonds is 6. The Labute approximate surface area is 149 Å². The average Bonchev–Trinajstić information content (AvgIpc) is 2.61. The highest BCUT2D eigenvalue weighted by Gasteiger charge is 2.04. The first kappa shape index (κ1) is 16.5. The maximum absolute atomic E-state index is 11.9. The number of halogens is 1. The van der Waals surface area contributed by atoms with E-state index in [-0.39, 0.29) is 12.5 Å². The van der Waals surface area contributed by atoms with Crippen molar-refractivity contribution in [2.45, 2.75) is 6.42 Å². The molecule has 0 saturated carbocycles. The Morgan fingerprint density at radius 2 is 1.71 bits per heavy atom. The predicted octanol–water partition coefficient (Wildman–Crippen LogP) is 4.34. The largest absolute Gasteiger partial charge is 0.484 e.